The monoisotopic (exact) mass is 303 g/mol. The molecule has 0 heterocycles. The average Bonchev–Trinajstić information content (AvgIpc) is 2.18. The SMILES string of the molecule is CC(C)(C)OC(=O)Nc1cccc(CBr)c1F. The zero-order chi connectivity index (χ0) is 13.1. The minimum atomic E-state index is -0.664. The third-order valence-corrected chi connectivity index (χ3v) is 2.46. The van der Waals surface area contributed by atoms with Gasteiger partial charge in [0.2, 0.25) is 0 Å². The predicted molar refractivity (Wildman–Crippen MR) is 68.9 cm³/mol. The number of ether oxygens (including phenoxy) is 1. The first-order chi connectivity index (χ1) is 7.83. The van der Waals surface area contributed by atoms with Crippen LogP contribution in [0, 0.1) is 5.82 Å². The Morgan fingerprint density at radius 1 is 1.47 bits per heavy atom. The van der Waals surface area contributed by atoms with E-state index in [1.54, 1.807) is 32.9 Å². The van der Waals surface area contributed by atoms with Crippen LogP contribution >= 0.6 is 15.9 Å². The molecule has 0 bridgehead atoms. The number of carbonyl (C=O) groups excluding carboxylic acids is 1. The Morgan fingerprint density at radius 2 is 2.12 bits per heavy atom. The van der Waals surface area contributed by atoms with Crippen molar-refractivity contribution in [2.45, 2.75) is 31.7 Å². The van der Waals surface area contributed by atoms with Gasteiger partial charge in [0.1, 0.15) is 5.60 Å². The molecule has 3 nitrogen and oxygen atoms in total. The molecule has 0 fully saturated rings. The summed E-state index contributed by atoms with van der Waals surface area (Å²) in [7, 11) is 0. The number of benzene rings is 1. The Kier molecular flexibility index (Phi) is 4.51. The van der Waals surface area contributed by atoms with E-state index >= 15 is 0 Å². The van der Waals surface area contributed by atoms with Gasteiger partial charge in [-0.3, -0.25) is 5.32 Å². The smallest absolute Gasteiger partial charge is 0.412 e. The molecule has 94 valence electrons. The molecule has 1 aromatic carbocycles. The second-order valence-electron chi connectivity index (χ2n) is 4.54. The van der Waals surface area contributed by atoms with Gasteiger partial charge in [0.05, 0.1) is 5.69 Å². The van der Waals surface area contributed by atoms with Gasteiger partial charge in [-0.25, -0.2) is 9.18 Å². The van der Waals surface area contributed by atoms with Crippen LogP contribution in [-0.4, -0.2) is 11.7 Å². The van der Waals surface area contributed by atoms with Gasteiger partial charge >= 0.3 is 6.09 Å². The van der Waals surface area contributed by atoms with Gasteiger partial charge in [0.15, 0.2) is 5.82 Å². The molecule has 0 saturated heterocycles. The molecule has 0 aliphatic heterocycles. The largest absolute Gasteiger partial charge is 0.444 e. The quantitative estimate of drug-likeness (QED) is 0.837. The first-order valence-electron chi connectivity index (χ1n) is 5.17. The van der Waals surface area contributed by atoms with Crippen LogP contribution in [0.5, 0.6) is 0 Å². The van der Waals surface area contributed by atoms with E-state index in [9.17, 15) is 9.18 Å². The summed E-state index contributed by atoms with van der Waals surface area (Å²) in [4.78, 5) is 11.5. The molecule has 1 amide bonds. The van der Waals surface area contributed by atoms with Crippen molar-refractivity contribution in [3.63, 3.8) is 0 Å². The maximum atomic E-state index is 13.8. The number of nitrogens with one attached hydrogen (secondary N) is 1. The van der Waals surface area contributed by atoms with Gasteiger partial charge in [-0.1, -0.05) is 28.1 Å². The topological polar surface area (TPSA) is 38.3 Å². The summed E-state index contributed by atoms with van der Waals surface area (Å²) in [6, 6.07) is 4.81. The predicted octanol–water partition coefficient (Wildman–Crippen LogP) is 4.07. The van der Waals surface area contributed by atoms with Crippen LogP contribution in [0.3, 0.4) is 0 Å². The highest BCUT2D eigenvalue weighted by Crippen LogP contribution is 2.20. The third kappa shape index (κ3) is 4.34. The van der Waals surface area contributed by atoms with Crippen LogP contribution in [0.2, 0.25) is 0 Å². The lowest BCUT2D eigenvalue weighted by Crippen LogP contribution is -2.27. The van der Waals surface area contributed by atoms with E-state index in [2.05, 4.69) is 21.2 Å². The van der Waals surface area contributed by atoms with E-state index in [-0.39, 0.29) is 5.69 Å². The van der Waals surface area contributed by atoms with Gasteiger partial charge in [-0.15, -0.1) is 0 Å². The molecule has 1 rings (SSSR count). The fraction of sp³-hybridized carbons (Fsp3) is 0.417. The van der Waals surface area contributed by atoms with Gasteiger partial charge in [0, 0.05) is 10.9 Å². The van der Waals surface area contributed by atoms with E-state index < -0.39 is 17.5 Å². The highest BCUT2D eigenvalue weighted by atomic mass is 79.9. The number of alkyl halides is 1. The van der Waals surface area contributed by atoms with Crippen LogP contribution in [-0.2, 0) is 10.1 Å². The van der Waals surface area contributed by atoms with Crippen LogP contribution in [0.15, 0.2) is 18.2 Å². The molecule has 0 radical (unpaired) electrons. The van der Waals surface area contributed by atoms with Crippen molar-refractivity contribution in [3.05, 3.63) is 29.6 Å². The molecule has 0 aromatic heterocycles. The summed E-state index contributed by atoms with van der Waals surface area (Å²) in [6.07, 6.45) is -0.664. The van der Waals surface area contributed by atoms with Crippen LogP contribution in [0.4, 0.5) is 14.9 Å². The summed E-state index contributed by atoms with van der Waals surface area (Å²) < 4.78 is 18.8. The fourth-order valence-corrected chi connectivity index (χ4v) is 1.63. The number of rotatable bonds is 2. The lowest BCUT2D eigenvalue weighted by atomic mass is 10.2. The van der Waals surface area contributed by atoms with E-state index in [0.717, 1.165) is 0 Å². The molecule has 0 aliphatic carbocycles. The summed E-state index contributed by atoms with van der Waals surface area (Å²) >= 11 is 3.17. The van der Waals surface area contributed by atoms with Crippen molar-refractivity contribution in [1.29, 1.82) is 0 Å². The van der Waals surface area contributed by atoms with Gasteiger partial charge in [0.25, 0.3) is 0 Å². The number of anilines is 1. The normalized spacial score (nSPS) is 11.1. The molecule has 17 heavy (non-hydrogen) atoms. The van der Waals surface area contributed by atoms with Crippen molar-refractivity contribution in [1.82, 2.24) is 0 Å². The Bertz CT molecular complexity index is 415. The highest BCUT2D eigenvalue weighted by molar-refractivity contribution is 9.08. The highest BCUT2D eigenvalue weighted by Gasteiger charge is 2.17. The second kappa shape index (κ2) is 5.49. The molecule has 1 aromatic rings. The van der Waals surface area contributed by atoms with Crippen molar-refractivity contribution < 1.29 is 13.9 Å². The molecule has 0 spiro atoms. The molecule has 0 aliphatic rings. The summed E-state index contributed by atoms with van der Waals surface area (Å²) in [5.41, 5.74) is 0.00268. The zero-order valence-corrected chi connectivity index (χ0v) is 11.6. The summed E-state index contributed by atoms with van der Waals surface area (Å²) in [5, 5.41) is 2.78. The first-order valence-corrected chi connectivity index (χ1v) is 6.29. The van der Waals surface area contributed by atoms with Crippen LogP contribution in [0.1, 0.15) is 26.3 Å². The molecule has 0 unspecified atom stereocenters. The zero-order valence-electron chi connectivity index (χ0n) is 10.0. The molecule has 1 N–H and O–H groups in total. The third-order valence-electron chi connectivity index (χ3n) is 1.86. The standard InChI is InChI=1S/C12H15BrFNO2/c1-12(2,3)17-11(16)15-9-6-4-5-8(7-13)10(9)14/h4-6H,7H2,1-3H3,(H,15,16). The Morgan fingerprint density at radius 3 is 2.65 bits per heavy atom. The number of amides is 1. The Hall–Kier alpha value is -1.10. The summed E-state index contributed by atoms with van der Waals surface area (Å²) in [5.74, 6) is -0.449. The van der Waals surface area contributed by atoms with Crippen LogP contribution in [0.25, 0.3) is 0 Å². The fourth-order valence-electron chi connectivity index (χ4n) is 1.19. The Labute approximate surface area is 108 Å². The number of hydrogen-bond acceptors (Lipinski definition) is 2. The van der Waals surface area contributed by atoms with E-state index in [1.165, 1.54) is 6.07 Å². The van der Waals surface area contributed by atoms with Crippen molar-refractivity contribution in [2.75, 3.05) is 5.32 Å². The molecular weight excluding hydrogens is 289 g/mol. The van der Waals surface area contributed by atoms with Gasteiger partial charge < -0.3 is 4.74 Å². The maximum Gasteiger partial charge on any atom is 0.412 e. The maximum absolute atomic E-state index is 13.8. The first kappa shape index (κ1) is 14.0. The van der Waals surface area contributed by atoms with E-state index in [1.807, 2.05) is 0 Å². The molecule has 0 saturated carbocycles. The van der Waals surface area contributed by atoms with Gasteiger partial charge in [-0.2, -0.15) is 0 Å². The Balaban J connectivity index is 2.79. The minimum absolute atomic E-state index is 0.121. The molecular formula is C12H15BrFNO2. The average molecular weight is 304 g/mol. The number of carbonyl (C=O) groups is 1. The minimum Gasteiger partial charge on any atom is -0.444 e. The summed E-state index contributed by atoms with van der Waals surface area (Å²) in [6.45, 7) is 5.24. The second-order valence-corrected chi connectivity index (χ2v) is 5.10. The lowest BCUT2D eigenvalue weighted by Gasteiger charge is -2.20. The number of hydrogen-bond donors (Lipinski definition) is 1. The van der Waals surface area contributed by atoms with Crippen molar-refractivity contribution in [3.8, 4) is 0 Å². The molecule has 5 heteroatoms. The van der Waals surface area contributed by atoms with Gasteiger partial charge in [-0.05, 0) is 26.8 Å². The molecule has 0 atom stereocenters. The lowest BCUT2D eigenvalue weighted by molar-refractivity contribution is 0.0635. The van der Waals surface area contributed by atoms with Crippen molar-refractivity contribution in [2.24, 2.45) is 0 Å². The number of halogens is 2. The van der Waals surface area contributed by atoms with Crippen LogP contribution < -0.4 is 5.32 Å². The van der Waals surface area contributed by atoms with E-state index in [4.69, 9.17) is 4.74 Å². The van der Waals surface area contributed by atoms with E-state index in [0.29, 0.717) is 10.9 Å². The van der Waals surface area contributed by atoms with Crippen molar-refractivity contribution >= 4 is 27.7 Å².